The van der Waals surface area contributed by atoms with E-state index >= 15 is 0 Å². The molecule has 6 heteroatoms. The van der Waals surface area contributed by atoms with Crippen LogP contribution in [0.4, 0.5) is 0 Å². The number of hydrogen-bond donors (Lipinski definition) is 2. The van der Waals surface area contributed by atoms with Crippen LogP contribution in [-0.4, -0.2) is 62.3 Å². The predicted molar refractivity (Wildman–Crippen MR) is 110 cm³/mol. The number of hydrogen-bond acceptors (Lipinski definition) is 4. The molecule has 0 saturated carbocycles. The van der Waals surface area contributed by atoms with Crippen molar-refractivity contribution in [3.63, 3.8) is 0 Å². The Bertz CT molecular complexity index is 548. The number of guanidine groups is 1. The summed E-state index contributed by atoms with van der Waals surface area (Å²) in [7, 11) is 0. The first-order valence-electron chi connectivity index (χ1n) is 10.1. The highest BCUT2D eigenvalue weighted by atomic mass is 32.1. The van der Waals surface area contributed by atoms with Crippen LogP contribution in [-0.2, 0) is 4.74 Å². The van der Waals surface area contributed by atoms with Crippen molar-refractivity contribution >= 4 is 17.3 Å². The predicted octanol–water partition coefficient (Wildman–Crippen LogP) is 3.05. The molecule has 1 aromatic heterocycles. The fourth-order valence-electron chi connectivity index (χ4n) is 4.01. The Morgan fingerprint density at radius 1 is 1.31 bits per heavy atom. The highest BCUT2D eigenvalue weighted by molar-refractivity contribution is 7.07. The minimum atomic E-state index is 0.191. The van der Waals surface area contributed by atoms with E-state index in [1.165, 1.54) is 31.5 Å². The van der Waals surface area contributed by atoms with E-state index in [0.717, 1.165) is 51.6 Å². The van der Waals surface area contributed by atoms with Gasteiger partial charge in [0.05, 0.1) is 6.54 Å². The summed E-state index contributed by atoms with van der Waals surface area (Å²) >= 11 is 1.76. The van der Waals surface area contributed by atoms with Gasteiger partial charge in [-0.1, -0.05) is 6.92 Å². The van der Waals surface area contributed by atoms with E-state index in [-0.39, 0.29) is 5.54 Å². The summed E-state index contributed by atoms with van der Waals surface area (Å²) in [5.74, 6) is 1.43. The van der Waals surface area contributed by atoms with Crippen molar-refractivity contribution in [1.29, 1.82) is 0 Å². The zero-order valence-electron chi connectivity index (χ0n) is 16.3. The van der Waals surface area contributed by atoms with Crippen molar-refractivity contribution in [3.8, 4) is 0 Å². The molecule has 0 aromatic carbocycles. The molecule has 0 bridgehead atoms. The molecule has 1 atom stereocenters. The molecule has 2 N–H and O–H groups in total. The maximum Gasteiger partial charge on any atom is 0.191 e. The van der Waals surface area contributed by atoms with Crippen LogP contribution in [0.1, 0.15) is 51.0 Å². The second-order valence-electron chi connectivity index (χ2n) is 7.56. The van der Waals surface area contributed by atoms with Crippen molar-refractivity contribution in [2.24, 2.45) is 4.99 Å². The molecule has 2 aliphatic heterocycles. The molecular weight excluding hydrogens is 344 g/mol. The van der Waals surface area contributed by atoms with Crippen molar-refractivity contribution < 1.29 is 4.74 Å². The van der Waals surface area contributed by atoms with Gasteiger partial charge in [-0.3, -0.25) is 9.89 Å². The molecule has 3 heterocycles. The van der Waals surface area contributed by atoms with Gasteiger partial charge in [-0.25, -0.2) is 0 Å². The Morgan fingerprint density at radius 3 is 2.73 bits per heavy atom. The third-order valence-corrected chi connectivity index (χ3v) is 6.47. The molecule has 146 valence electrons. The number of nitrogens with one attached hydrogen (secondary N) is 2. The van der Waals surface area contributed by atoms with Gasteiger partial charge >= 0.3 is 0 Å². The van der Waals surface area contributed by atoms with E-state index in [0.29, 0.717) is 5.92 Å². The van der Waals surface area contributed by atoms with E-state index in [4.69, 9.17) is 9.73 Å². The van der Waals surface area contributed by atoms with Crippen LogP contribution in [0, 0.1) is 0 Å². The van der Waals surface area contributed by atoms with Gasteiger partial charge < -0.3 is 15.4 Å². The fraction of sp³-hybridized carbons (Fsp3) is 0.750. The highest BCUT2D eigenvalue weighted by Gasteiger charge is 2.39. The minimum absolute atomic E-state index is 0.191. The zero-order valence-corrected chi connectivity index (χ0v) is 17.1. The first kappa shape index (κ1) is 19.6. The second kappa shape index (κ2) is 9.72. The SMILES string of the molecule is CCNC(=NCC1(N2CCCC2)CCOCC1)NCC(C)c1ccsc1. The molecule has 5 nitrogen and oxygen atoms in total. The molecular formula is C20H34N4OS. The summed E-state index contributed by atoms with van der Waals surface area (Å²) in [4.78, 5) is 7.68. The minimum Gasteiger partial charge on any atom is -0.381 e. The molecule has 1 aromatic rings. The van der Waals surface area contributed by atoms with E-state index < -0.39 is 0 Å². The lowest BCUT2D eigenvalue weighted by Gasteiger charge is -2.43. The maximum atomic E-state index is 5.65. The molecule has 2 fully saturated rings. The first-order chi connectivity index (χ1) is 12.7. The average molecular weight is 379 g/mol. The van der Waals surface area contributed by atoms with Gasteiger partial charge in [0, 0.05) is 31.8 Å². The van der Waals surface area contributed by atoms with E-state index in [1.807, 2.05) is 0 Å². The Balaban J connectivity index is 1.62. The molecule has 0 spiro atoms. The monoisotopic (exact) mass is 378 g/mol. The van der Waals surface area contributed by atoms with Crippen LogP contribution in [0.2, 0.25) is 0 Å². The smallest absolute Gasteiger partial charge is 0.191 e. The first-order valence-corrected chi connectivity index (χ1v) is 11.0. The highest BCUT2D eigenvalue weighted by Crippen LogP contribution is 2.31. The Hall–Kier alpha value is -1.11. The van der Waals surface area contributed by atoms with Crippen LogP contribution >= 0.6 is 11.3 Å². The standard InChI is InChI=1S/C20H34N4OS/c1-3-21-19(22-14-17(2)18-6-13-26-15-18)23-16-20(7-11-25-12-8-20)24-9-4-5-10-24/h6,13,15,17H,3-5,7-12,14,16H2,1-2H3,(H2,21,22,23). The summed E-state index contributed by atoms with van der Waals surface area (Å²) in [5.41, 5.74) is 1.59. The topological polar surface area (TPSA) is 48.9 Å². The van der Waals surface area contributed by atoms with Crippen LogP contribution in [0.25, 0.3) is 0 Å². The zero-order chi connectivity index (χ0) is 18.2. The quantitative estimate of drug-likeness (QED) is 0.566. The van der Waals surface area contributed by atoms with Crippen LogP contribution in [0.15, 0.2) is 21.8 Å². The van der Waals surface area contributed by atoms with Gasteiger partial charge in [0.1, 0.15) is 0 Å². The number of aliphatic imine (C=N–C) groups is 1. The number of likely N-dealkylation sites (tertiary alicyclic amines) is 1. The van der Waals surface area contributed by atoms with Crippen molar-refractivity contribution in [2.45, 2.75) is 51.0 Å². The Labute approximate surface area is 162 Å². The van der Waals surface area contributed by atoms with Crippen molar-refractivity contribution in [3.05, 3.63) is 22.4 Å². The van der Waals surface area contributed by atoms with Gasteiger partial charge in [-0.15, -0.1) is 0 Å². The summed E-state index contributed by atoms with van der Waals surface area (Å²) in [6.07, 6.45) is 4.84. The molecule has 0 radical (unpaired) electrons. The Kier molecular flexibility index (Phi) is 7.34. The molecule has 2 aliphatic rings. The molecule has 1 unspecified atom stereocenters. The number of thiophene rings is 1. The van der Waals surface area contributed by atoms with E-state index in [9.17, 15) is 0 Å². The summed E-state index contributed by atoms with van der Waals surface area (Å²) in [5, 5.41) is 11.4. The number of rotatable bonds is 7. The molecule has 26 heavy (non-hydrogen) atoms. The molecule has 0 aliphatic carbocycles. The fourth-order valence-corrected chi connectivity index (χ4v) is 4.79. The van der Waals surface area contributed by atoms with Gasteiger partial charge in [0.2, 0.25) is 0 Å². The molecule has 0 amide bonds. The van der Waals surface area contributed by atoms with Gasteiger partial charge in [0.15, 0.2) is 5.96 Å². The number of ether oxygens (including phenoxy) is 1. The lowest BCUT2D eigenvalue weighted by atomic mass is 9.88. The summed E-state index contributed by atoms with van der Waals surface area (Å²) in [6.45, 7) is 11.2. The summed E-state index contributed by atoms with van der Waals surface area (Å²) in [6, 6.07) is 2.21. The third kappa shape index (κ3) is 4.99. The third-order valence-electron chi connectivity index (χ3n) is 5.76. The van der Waals surface area contributed by atoms with Crippen molar-refractivity contribution in [1.82, 2.24) is 15.5 Å². The van der Waals surface area contributed by atoms with Crippen LogP contribution in [0.3, 0.4) is 0 Å². The van der Waals surface area contributed by atoms with Crippen LogP contribution < -0.4 is 10.6 Å². The Morgan fingerprint density at radius 2 is 2.08 bits per heavy atom. The van der Waals surface area contributed by atoms with Gasteiger partial charge in [0.25, 0.3) is 0 Å². The van der Waals surface area contributed by atoms with Gasteiger partial charge in [-0.05, 0) is 74.0 Å². The maximum absolute atomic E-state index is 5.65. The second-order valence-corrected chi connectivity index (χ2v) is 8.34. The van der Waals surface area contributed by atoms with E-state index in [1.54, 1.807) is 11.3 Å². The number of nitrogens with zero attached hydrogens (tertiary/aromatic N) is 2. The largest absolute Gasteiger partial charge is 0.381 e. The molecule has 3 rings (SSSR count). The lowest BCUT2D eigenvalue weighted by molar-refractivity contribution is -0.0139. The average Bonchev–Trinajstić information content (AvgIpc) is 3.38. The van der Waals surface area contributed by atoms with Gasteiger partial charge in [-0.2, -0.15) is 11.3 Å². The normalized spacial score (nSPS) is 22.3. The van der Waals surface area contributed by atoms with Crippen molar-refractivity contribution in [2.75, 3.05) is 45.9 Å². The molecule has 2 saturated heterocycles. The lowest BCUT2D eigenvalue weighted by Crippen LogP contribution is -2.54. The van der Waals surface area contributed by atoms with Crippen LogP contribution in [0.5, 0.6) is 0 Å². The summed E-state index contributed by atoms with van der Waals surface area (Å²) < 4.78 is 5.65. The van der Waals surface area contributed by atoms with E-state index in [2.05, 4.69) is 46.2 Å².